The number of hydrogen-bond acceptors (Lipinski definition) is 3. The van der Waals surface area contributed by atoms with E-state index in [2.05, 4.69) is 0 Å². The molecule has 1 aliphatic rings. The fourth-order valence-corrected chi connectivity index (χ4v) is 2.36. The zero-order valence-electron chi connectivity index (χ0n) is 7.93. The lowest BCUT2D eigenvalue weighted by Crippen LogP contribution is -2.50. The Labute approximate surface area is 78.5 Å². The monoisotopic (exact) mass is 206 g/mol. The predicted octanol–water partition coefficient (Wildman–Crippen LogP) is 0.634. The minimum atomic E-state index is -4.15. The standard InChI is InChI=1S/C7H14N2O3S/c1-4-8-5-6-9(7(8,2)3)13(10,11)12/h5-6H,4H2,1-3H3,(H,10,11,12). The molecule has 5 nitrogen and oxygen atoms in total. The van der Waals surface area contributed by atoms with E-state index in [1.807, 2.05) is 11.8 Å². The van der Waals surface area contributed by atoms with Crippen molar-refractivity contribution >= 4 is 10.3 Å². The van der Waals surface area contributed by atoms with Crippen LogP contribution in [0.15, 0.2) is 12.4 Å². The van der Waals surface area contributed by atoms with Crippen LogP contribution in [0.25, 0.3) is 0 Å². The third-order valence-electron chi connectivity index (χ3n) is 2.21. The third kappa shape index (κ3) is 1.64. The summed E-state index contributed by atoms with van der Waals surface area (Å²) in [5.41, 5.74) is -0.720. The van der Waals surface area contributed by atoms with Gasteiger partial charge in [0.05, 0.1) is 0 Å². The topological polar surface area (TPSA) is 60.9 Å². The van der Waals surface area contributed by atoms with Crippen molar-refractivity contribution in [2.24, 2.45) is 0 Å². The summed E-state index contributed by atoms with van der Waals surface area (Å²) in [6.45, 7) is 6.06. The van der Waals surface area contributed by atoms with Gasteiger partial charge in [-0.25, -0.2) is 4.31 Å². The molecule has 0 aromatic rings. The molecule has 1 rings (SSSR count). The molecule has 0 aliphatic carbocycles. The van der Waals surface area contributed by atoms with E-state index in [1.54, 1.807) is 20.0 Å². The van der Waals surface area contributed by atoms with Crippen LogP contribution in [0.4, 0.5) is 0 Å². The molecule has 0 amide bonds. The molecule has 76 valence electrons. The zero-order valence-corrected chi connectivity index (χ0v) is 8.74. The maximum absolute atomic E-state index is 10.9. The SMILES string of the molecule is CCN1C=CN(S(=O)(=O)O)C1(C)C. The van der Waals surface area contributed by atoms with Gasteiger partial charge in [0, 0.05) is 18.9 Å². The quantitative estimate of drug-likeness (QED) is 0.673. The molecule has 0 saturated carbocycles. The van der Waals surface area contributed by atoms with Crippen LogP contribution in [0.2, 0.25) is 0 Å². The fraction of sp³-hybridized carbons (Fsp3) is 0.714. The Hall–Kier alpha value is -0.750. The van der Waals surface area contributed by atoms with Gasteiger partial charge in [-0.3, -0.25) is 4.55 Å². The van der Waals surface area contributed by atoms with Crippen molar-refractivity contribution in [3.8, 4) is 0 Å². The molecule has 13 heavy (non-hydrogen) atoms. The Balaban J connectivity index is 3.02. The molecule has 0 spiro atoms. The zero-order chi connectivity index (χ0) is 10.3. The molecular formula is C7H14N2O3S. The summed E-state index contributed by atoms with van der Waals surface area (Å²) in [6, 6.07) is 0. The molecule has 6 heteroatoms. The van der Waals surface area contributed by atoms with E-state index in [0.717, 1.165) is 4.31 Å². The van der Waals surface area contributed by atoms with Gasteiger partial charge in [0.1, 0.15) is 5.66 Å². The van der Waals surface area contributed by atoms with Gasteiger partial charge in [-0.05, 0) is 20.8 Å². The van der Waals surface area contributed by atoms with Crippen molar-refractivity contribution in [1.29, 1.82) is 0 Å². The first kappa shape index (κ1) is 10.3. The van der Waals surface area contributed by atoms with E-state index >= 15 is 0 Å². The van der Waals surface area contributed by atoms with Crippen molar-refractivity contribution < 1.29 is 13.0 Å². The summed E-state index contributed by atoms with van der Waals surface area (Å²) in [7, 11) is -4.15. The van der Waals surface area contributed by atoms with Crippen LogP contribution in [0.5, 0.6) is 0 Å². The molecule has 0 unspecified atom stereocenters. The van der Waals surface area contributed by atoms with Gasteiger partial charge in [-0.2, -0.15) is 8.42 Å². The average molecular weight is 206 g/mol. The van der Waals surface area contributed by atoms with Gasteiger partial charge in [0.15, 0.2) is 0 Å². The minimum absolute atomic E-state index is 0.690. The second-order valence-electron chi connectivity index (χ2n) is 3.35. The number of hydrogen-bond donors (Lipinski definition) is 1. The first-order chi connectivity index (χ1) is 5.80. The average Bonchev–Trinajstić information content (AvgIpc) is 2.22. The van der Waals surface area contributed by atoms with Crippen LogP contribution >= 0.6 is 0 Å². The molecule has 1 N–H and O–H groups in total. The van der Waals surface area contributed by atoms with Crippen LogP contribution in [0, 0.1) is 0 Å². The molecular weight excluding hydrogens is 192 g/mol. The molecule has 1 aliphatic heterocycles. The Morgan fingerprint density at radius 2 is 1.92 bits per heavy atom. The summed E-state index contributed by atoms with van der Waals surface area (Å²) in [4.78, 5) is 1.82. The maximum Gasteiger partial charge on any atom is 0.361 e. The largest absolute Gasteiger partial charge is 0.361 e. The van der Waals surface area contributed by atoms with Gasteiger partial charge in [-0.15, -0.1) is 0 Å². The number of rotatable bonds is 2. The van der Waals surface area contributed by atoms with Crippen LogP contribution in [-0.2, 0) is 10.3 Å². The Bertz CT molecular complexity index is 321. The van der Waals surface area contributed by atoms with E-state index < -0.39 is 16.0 Å². The number of nitrogens with zero attached hydrogens (tertiary/aromatic N) is 2. The summed E-state index contributed by atoms with van der Waals surface area (Å²) in [5.74, 6) is 0. The Morgan fingerprint density at radius 3 is 2.15 bits per heavy atom. The van der Waals surface area contributed by atoms with Crippen molar-refractivity contribution in [3.05, 3.63) is 12.4 Å². The third-order valence-corrected chi connectivity index (χ3v) is 3.28. The molecule has 0 fully saturated rings. The lowest BCUT2D eigenvalue weighted by atomic mass is 10.2. The normalized spacial score (nSPS) is 21.2. The van der Waals surface area contributed by atoms with Crippen LogP contribution in [-0.4, -0.2) is 34.4 Å². The molecule has 0 atom stereocenters. The summed E-state index contributed by atoms with van der Waals surface area (Å²) < 4.78 is 31.6. The molecule has 0 saturated heterocycles. The highest BCUT2D eigenvalue weighted by Gasteiger charge is 2.39. The molecule has 1 heterocycles. The van der Waals surface area contributed by atoms with Crippen LogP contribution in [0.3, 0.4) is 0 Å². The molecule has 0 aromatic heterocycles. The highest BCUT2D eigenvalue weighted by molar-refractivity contribution is 7.83. The van der Waals surface area contributed by atoms with E-state index in [4.69, 9.17) is 4.55 Å². The van der Waals surface area contributed by atoms with Crippen molar-refractivity contribution in [1.82, 2.24) is 9.21 Å². The summed E-state index contributed by atoms with van der Waals surface area (Å²) >= 11 is 0. The molecule has 0 aromatic carbocycles. The van der Waals surface area contributed by atoms with Gasteiger partial charge < -0.3 is 4.90 Å². The highest BCUT2D eigenvalue weighted by Crippen LogP contribution is 2.28. The fourth-order valence-electron chi connectivity index (χ4n) is 1.48. The highest BCUT2D eigenvalue weighted by atomic mass is 32.2. The van der Waals surface area contributed by atoms with Gasteiger partial charge in [-0.1, -0.05) is 0 Å². The smallest absolute Gasteiger partial charge is 0.353 e. The second kappa shape index (κ2) is 2.88. The second-order valence-corrected chi connectivity index (χ2v) is 4.64. The van der Waals surface area contributed by atoms with E-state index in [0.29, 0.717) is 6.54 Å². The first-order valence-corrected chi connectivity index (χ1v) is 5.42. The van der Waals surface area contributed by atoms with E-state index in [1.165, 1.54) is 6.20 Å². The summed E-state index contributed by atoms with van der Waals surface area (Å²) in [6.07, 6.45) is 3.01. The lowest BCUT2D eigenvalue weighted by molar-refractivity contribution is 0.118. The lowest BCUT2D eigenvalue weighted by Gasteiger charge is -2.37. The van der Waals surface area contributed by atoms with Gasteiger partial charge in [0.25, 0.3) is 0 Å². The summed E-state index contributed by atoms with van der Waals surface area (Å²) in [5, 5.41) is 0. The minimum Gasteiger partial charge on any atom is -0.353 e. The Morgan fingerprint density at radius 1 is 1.38 bits per heavy atom. The molecule has 0 bridgehead atoms. The van der Waals surface area contributed by atoms with E-state index in [9.17, 15) is 8.42 Å². The van der Waals surface area contributed by atoms with Crippen molar-refractivity contribution in [3.63, 3.8) is 0 Å². The van der Waals surface area contributed by atoms with E-state index in [-0.39, 0.29) is 0 Å². The van der Waals surface area contributed by atoms with Crippen molar-refractivity contribution in [2.45, 2.75) is 26.4 Å². The molecule has 0 radical (unpaired) electrons. The van der Waals surface area contributed by atoms with Gasteiger partial charge >= 0.3 is 10.3 Å². The predicted molar refractivity (Wildman–Crippen MR) is 49.0 cm³/mol. The van der Waals surface area contributed by atoms with Crippen LogP contribution < -0.4 is 0 Å². The Kier molecular flexibility index (Phi) is 2.29. The van der Waals surface area contributed by atoms with Crippen LogP contribution in [0.1, 0.15) is 20.8 Å². The maximum atomic E-state index is 10.9. The van der Waals surface area contributed by atoms with Gasteiger partial charge in [0.2, 0.25) is 0 Å². The first-order valence-electron chi connectivity index (χ1n) is 4.02. The van der Waals surface area contributed by atoms with Crippen molar-refractivity contribution in [2.75, 3.05) is 6.54 Å².